The molecule has 2 rings (SSSR count). The molecule has 0 aliphatic heterocycles. The number of aromatic nitrogens is 3. The van der Waals surface area contributed by atoms with Crippen LogP contribution in [-0.2, 0) is 9.63 Å². The van der Waals surface area contributed by atoms with Gasteiger partial charge >= 0.3 is 6.18 Å². The third-order valence-electron chi connectivity index (χ3n) is 4.01. The summed E-state index contributed by atoms with van der Waals surface area (Å²) in [5, 5.41) is 7.94. The molecule has 0 aromatic carbocycles. The van der Waals surface area contributed by atoms with Gasteiger partial charge in [-0.1, -0.05) is 16.8 Å². The molecule has 2 aromatic heterocycles. The number of pyridine rings is 1. The molecule has 0 radical (unpaired) electrons. The zero-order valence-electron chi connectivity index (χ0n) is 16.0. The van der Waals surface area contributed by atoms with E-state index in [1.54, 1.807) is 37.6 Å². The molecule has 0 saturated heterocycles. The molecule has 0 N–H and O–H groups in total. The van der Waals surface area contributed by atoms with E-state index in [1.165, 1.54) is 16.7 Å². The number of carbonyl (C=O) groups is 1. The summed E-state index contributed by atoms with van der Waals surface area (Å²) in [7, 11) is 1.25. The lowest BCUT2D eigenvalue weighted by molar-refractivity contribution is -0.132. The normalized spacial score (nSPS) is 12.1. The topological polar surface area (TPSA) is 72.6 Å². The number of rotatable bonds is 9. The lowest BCUT2D eigenvalue weighted by atomic mass is 10.1. The van der Waals surface area contributed by atoms with Crippen LogP contribution in [0.5, 0.6) is 0 Å². The molecule has 11 heteroatoms. The van der Waals surface area contributed by atoms with Crippen LogP contribution in [0.25, 0.3) is 5.69 Å². The van der Waals surface area contributed by atoms with Gasteiger partial charge in [0.2, 0.25) is 5.91 Å². The first-order chi connectivity index (χ1) is 13.7. The minimum atomic E-state index is -4.30. The molecule has 0 atom stereocenters. The van der Waals surface area contributed by atoms with Gasteiger partial charge in [-0.3, -0.25) is 9.78 Å². The minimum Gasteiger partial charge on any atom is -0.399 e. The van der Waals surface area contributed by atoms with E-state index in [0.29, 0.717) is 17.9 Å². The molecule has 0 fully saturated rings. The zero-order chi connectivity index (χ0) is 21.4. The van der Waals surface area contributed by atoms with Gasteiger partial charge in [-0.15, -0.1) is 0 Å². The van der Waals surface area contributed by atoms with Gasteiger partial charge in [0.1, 0.15) is 12.8 Å². The van der Waals surface area contributed by atoms with Gasteiger partial charge in [0, 0.05) is 25.6 Å². The molecule has 7 nitrogen and oxygen atoms in total. The highest BCUT2D eigenvalue weighted by molar-refractivity contribution is 6.32. The first kappa shape index (κ1) is 22.7. The average Bonchev–Trinajstić information content (AvgIpc) is 3.06. The number of amides is 1. The summed E-state index contributed by atoms with van der Waals surface area (Å²) in [5.74, 6) is -0.309. The second-order valence-electron chi connectivity index (χ2n) is 6.05. The Bertz CT molecular complexity index is 840. The van der Waals surface area contributed by atoms with Crippen molar-refractivity contribution in [2.45, 2.75) is 38.8 Å². The second kappa shape index (κ2) is 10.2. The Balaban J connectivity index is 2.08. The summed E-state index contributed by atoms with van der Waals surface area (Å²) in [6.45, 7) is 2.08. The van der Waals surface area contributed by atoms with Crippen molar-refractivity contribution < 1.29 is 22.8 Å². The van der Waals surface area contributed by atoms with E-state index in [9.17, 15) is 18.0 Å². The van der Waals surface area contributed by atoms with E-state index < -0.39 is 12.6 Å². The van der Waals surface area contributed by atoms with Gasteiger partial charge < -0.3 is 9.74 Å². The van der Waals surface area contributed by atoms with Crippen LogP contribution in [0.2, 0.25) is 5.15 Å². The number of hydrogen-bond acceptors (Lipinski definition) is 5. The van der Waals surface area contributed by atoms with Crippen molar-refractivity contribution in [3.63, 3.8) is 0 Å². The van der Waals surface area contributed by atoms with Gasteiger partial charge in [-0.05, 0) is 31.9 Å². The Morgan fingerprint density at radius 3 is 2.69 bits per heavy atom. The van der Waals surface area contributed by atoms with Crippen LogP contribution in [-0.4, -0.2) is 46.2 Å². The maximum Gasteiger partial charge on any atom is 0.389 e. The van der Waals surface area contributed by atoms with E-state index >= 15 is 0 Å². The van der Waals surface area contributed by atoms with Crippen molar-refractivity contribution in [2.24, 2.45) is 5.16 Å². The third kappa shape index (κ3) is 6.74. The maximum atomic E-state index is 12.7. The fourth-order valence-corrected chi connectivity index (χ4v) is 2.88. The van der Waals surface area contributed by atoms with Gasteiger partial charge in [0.05, 0.1) is 23.8 Å². The fraction of sp³-hybridized carbons (Fsp3) is 0.444. The van der Waals surface area contributed by atoms with E-state index in [-0.39, 0.29) is 36.0 Å². The molecular formula is C18H21ClF3N5O2. The summed E-state index contributed by atoms with van der Waals surface area (Å²) in [6.07, 6.45) is -0.817. The van der Waals surface area contributed by atoms with E-state index in [4.69, 9.17) is 11.6 Å². The number of hydrogen-bond donors (Lipinski definition) is 0. The van der Waals surface area contributed by atoms with Crippen molar-refractivity contribution in [2.75, 3.05) is 18.6 Å². The highest BCUT2D eigenvalue weighted by Crippen LogP contribution is 2.27. The van der Waals surface area contributed by atoms with Crippen LogP contribution in [0, 0.1) is 0 Å². The summed E-state index contributed by atoms with van der Waals surface area (Å²) in [4.78, 5) is 22.7. The smallest absolute Gasteiger partial charge is 0.389 e. The highest BCUT2D eigenvalue weighted by atomic mass is 35.5. The van der Waals surface area contributed by atoms with Crippen LogP contribution in [0.15, 0.2) is 35.9 Å². The van der Waals surface area contributed by atoms with Crippen molar-refractivity contribution >= 4 is 28.9 Å². The van der Waals surface area contributed by atoms with Crippen molar-refractivity contribution in [3.05, 3.63) is 35.9 Å². The molecule has 29 heavy (non-hydrogen) atoms. The van der Waals surface area contributed by atoms with Gasteiger partial charge in [0.25, 0.3) is 0 Å². The third-order valence-corrected chi connectivity index (χ3v) is 4.28. The SMILES string of the molecule is CCN(C(=O)CCC(CCC(F)(F)F)=NOC)c1cn(-c2cccnc2)nc1Cl. The number of oxime groups is 1. The van der Waals surface area contributed by atoms with E-state index in [1.807, 2.05) is 0 Å². The Morgan fingerprint density at radius 1 is 1.34 bits per heavy atom. The number of nitrogens with zero attached hydrogens (tertiary/aromatic N) is 5. The summed E-state index contributed by atoms with van der Waals surface area (Å²) < 4.78 is 38.8. The largest absolute Gasteiger partial charge is 0.399 e. The molecule has 0 aliphatic carbocycles. The van der Waals surface area contributed by atoms with E-state index in [2.05, 4.69) is 20.1 Å². The van der Waals surface area contributed by atoms with Gasteiger partial charge in [-0.25, -0.2) is 4.68 Å². The fourth-order valence-electron chi connectivity index (χ4n) is 2.65. The Hall–Kier alpha value is -2.62. The first-order valence-electron chi connectivity index (χ1n) is 8.86. The quantitative estimate of drug-likeness (QED) is 0.436. The Morgan fingerprint density at radius 2 is 2.10 bits per heavy atom. The molecule has 158 valence electrons. The average molecular weight is 432 g/mol. The monoisotopic (exact) mass is 431 g/mol. The number of alkyl halides is 3. The molecule has 0 spiro atoms. The molecule has 0 bridgehead atoms. The van der Waals surface area contributed by atoms with Crippen LogP contribution in [0.1, 0.15) is 32.6 Å². The van der Waals surface area contributed by atoms with Crippen LogP contribution < -0.4 is 4.90 Å². The van der Waals surface area contributed by atoms with Crippen molar-refractivity contribution in [1.82, 2.24) is 14.8 Å². The van der Waals surface area contributed by atoms with Gasteiger partial charge in [0.15, 0.2) is 5.15 Å². The second-order valence-corrected chi connectivity index (χ2v) is 6.41. The highest BCUT2D eigenvalue weighted by Gasteiger charge is 2.28. The first-order valence-corrected chi connectivity index (χ1v) is 9.24. The van der Waals surface area contributed by atoms with Crippen LogP contribution in [0.4, 0.5) is 18.9 Å². The lowest BCUT2D eigenvalue weighted by Gasteiger charge is -2.19. The number of carbonyl (C=O) groups excluding carboxylic acids is 1. The maximum absolute atomic E-state index is 12.7. The predicted octanol–water partition coefficient (Wildman–Crippen LogP) is 4.40. The Kier molecular flexibility index (Phi) is 8.00. The van der Waals surface area contributed by atoms with Crippen molar-refractivity contribution in [1.29, 1.82) is 0 Å². The van der Waals surface area contributed by atoms with Crippen LogP contribution >= 0.6 is 11.6 Å². The molecule has 0 unspecified atom stereocenters. The molecule has 0 aliphatic rings. The predicted molar refractivity (Wildman–Crippen MR) is 103 cm³/mol. The molecule has 2 heterocycles. The summed E-state index contributed by atoms with van der Waals surface area (Å²) in [5.41, 5.74) is 1.25. The minimum absolute atomic E-state index is 0.0394. The van der Waals surface area contributed by atoms with Crippen molar-refractivity contribution in [3.8, 4) is 5.69 Å². The molecule has 0 saturated carbocycles. The molecule has 1 amide bonds. The summed E-state index contributed by atoms with van der Waals surface area (Å²) >= 11 is 6.21. The standard InChI is InChI=1S/C18H21ClF3N5O2/c1-3-26(15-12-27(24-17(15)19)14-5-4-10-23-11-14)16(28)7-6-13(25-29-2)8-9-18(20,21)22/h4-5,10-12H,3,6-9H2,1-2H3. The molecular weight excluding hydrogens is 411 g/mol. The Labute approximate surface area is 171 Å². The van der Waals surface area contributed by atoms with Gasteiger partial charge in [-0.2, -0.15) is 18.3 Å². The molecule has 2 aromatic rings. The van der Waals surface area contributed by atoms with Crippen LogP contribution in [0.3, 0.4) is 0 Å². The zero-order valence-corrected chi connectivity index (χ0v) is 16.7. The lowest BCUT2D eigenvalue weighted by Crippen LogP contribution is -2.31. The summed E-state index contributed by atoms with van der Waals surface area (Å²) in [6, 6.07) is 3.53. The van der Waals surface area contributed by atoms with E-state index in [0.717, 1.165) is 0 Å². The number of halogens is 4. The number of anilines is 1.